The quantitative estimate of drug-likeness (QED) is 0.906. The minimum Gasteiger partial charge on any atom is -0.352 e. The molecular weight excluding hydrogens is 295 g/mol. The fraction of sp³-hybridized carbons (Fsp3) is 0.353. The maximum absolute atomic E-state index is 13.2. The van der Waals surface area contributed by atoms with Gasteiger partial charge in [-0.1, -0.05) is 12.1 Å². The minimum absolute atomic E-state index is 0.179. The summed E-state index contributed by atoms with van der Waals surface area (Å²) >= 11 is 0. The molecule has 0 radical (unpaired) electrons. The second-order valence-corrected chi connectivity index (χ2v) is 5.73. The number of hydrogen-bond donors (Lipinski definition) is 2. The van der Waals surface area contributed by atoms with Gasteiger partial charge in [0.1, 0.15) is 5.82 Å². The van der Waals surface area contributed by atoms with Crippen molar-refractivity contribution in [1.29, 1.82) is 0 Å². The van der Waals surface area contributed by atoms with Crippen LogP contribution in [0.3, 0.4) is 0 Å². The zero-order chi connectivity index (χ0) is 16.1. The van der Waals surface area contributed by atoms with Crippen LogP contribution in [0.4, 0.5) is 4.39 Å². The van der Waals surface area contributed by atoms with Gasteiger partial charge in [0.15, 0.2) is 5.82 Å². The lowest BCUT2D eigenvalue weighted by molar-refractivity contribution is 0.0944. The molecule has 23 heavy (non-hydrogen) atoms. The van der Waals surface area contributed by atoms with E-state index in [1.807, 2.05) is 0 Å². The summed E-state index contributed by atoms with van der Waals surface area (Å²) in [5.41, 5.74) is 0.999. The topological polar surface area (TPSA) is 66.9 Å². The summed E-state index contributed by atoms with van der Waals surface area (Å²) in [4.78, 5) is 20.4. The van der Waals surface area contributed by atoms with Crippen molar-refractivity contribution in [3.05, 3.63) is 48.0 Å². The van der Waals surface area contributed by atoms with Crippen molar-refractivity contribution in [3.63, 3.8) is 0 Å². The average molecular weight is 314 g/mol. The molecule has 5 nitrogen and oxygen atoms in total. The third kappa shape index (κ3) is 4.10. The molecule has 1 fully saturated rings. The van der Waals surface area contributed by atoms with E-state index in [1.165, 1.54) is 24.5 Å². The van der Waals surface area contributed by atoms with Gasteiger partial charge in [0.25, 0.3) is 5.91 Å². The number of carbonyl (C=O) groups is 1. The van der Waals surface area contributed by atoms with Crippen LogP contribution in [0.15, 0.2) is 36.7 Å². The van der Waals surface area contributed by atoms with Gasteiger partial charge in [-0.15, -0.1) is 0 Å². The normalized spacial score (nSPS) is 17.7. The van der Waals surface area contributed by atoms with Gasteiger partial charge in [0.05, 0.1) is 5.56 Å². The van der Waals surface area contributed by atoms with Crippen LogP contribution in [0.25, 0.3) is 11.4 Å². The van der Waals surface area contributed by atoms with E-state index in [2.05, 4.69) is 20.6 Å². The van der Waals surface area contributed by atoms with Gasteiger partial charge in [0.2, 0.25) is 0 Å². The third-order valence-corrected chi connectivity index (χ3v) is 3.95. The first-order valence-corrected chi connectivity index (χ1v) is 7.79. The monoisotopic (exact) mass is 314 g/mol. The molecule has 0 aliphatic carbocycles. The number of amides is 1. The molecule has 1 atom stereocenters. The van der Waals surface area contributed by atoms with E-state index < -0.39 is 0 Å². The zero-order valence-electron chi connectivity index (χ0n) is 12.8. The summed E-state index contributed by atoms with van der Waals surface area (Å²) < 4.78 is 13.2. The van der Waals surface area contributed by atoms with Crippen molar-refractivity contribution < 1.29 is 9.18 Å². The number of carbonyl (C=O) groups excluding carboxylic acids is 1. The van der Waals surface area contributed by atoms with E-state index in [1.54, 1.807) is 12.1 Å². The van der Waals surface area contributed by atoms with Crippen LogP contribution in [0.2, 0.25) is 0 Å². The molecule has 0 spiro atoms. The number of benzene rings is 1. The molecule has 1 amide bonds. The predicted octanol–water partition coefficient (Wildman–Crippen LogP) is 2.01. The van der Waals surface area contributed by atoms with E-state index >= 15 is 0 Å². The summed E-state index contributed by atoms with van der Waals surface area (Å²) in [6.07, 6.45) is 5.22. The van der Waals surface area contributed by atoms with Gasteiger partial charge >= 0.3 is 0 Å². The Kier molecular flexibility index (Phi) is 4.92. The average Bonchev–Trinajstić information content (AvgIpc) is 2.61. The lowest BCUT2D eigenvalue weighted by Crippen LogP contribution is -2.38. The Morgan fingerprint density at radius 3 is 2.87 bits per heavy atom. The van der Waals surface area contributed by atoms with Crippen molar-refractivity contribution in [2.45, 2.75) is 12.8 Å². The highest BCUT2D eigenvalue weighted by Gasteiger charge is 2.15. The van der Waals surface area contributed by atoms with Crippen LogP contribution >= 0.6 is 0 Å². The Morgan fingerprint density at radius 1 is 1.35 bits per heavy atom. The van der Waals surface area contributed by atoms with Gasteiger partial charge in [-0.3, -0.25) is 4.79 Å². The Morgan fingerprint density at radius 2 is 2.17 bits per heavy atom. The zero-order valence-corrected chi connectivity index (χ0v) is 12.8. The molecule has 0 bridgehead atoms. The van der Waals surface area contributed by atoms with Crippen LogP contribution in [0, 0.1) is 11.7 Å². The molecule has 1 aromatic carbocycles. The largest absolute Gasteiger partial charge is 0.352 e. The number of nitrogens with zero attached hydrogens (tertiary/aromatic N) is 2. The number of halogens is 1. The molecule has 2 N–H and O–H groups in total. The van der Waals surface area contributed by atoms with E-state index in [-0.39, 0.29) is 11.7 Å². The van der Waals surface area contributed by atoms with Gasteiger partial charge in [0, 0.05) is 24.5 Å². The van der Waals surface area contributed by atoms with Crippen LogP contribution < -0.4 is 10.6 Å². The molecule has 2 heterocycles. The Hall–Kier alpha value is -2.34. The van der Waals surface area contributed by atoms with Crippen molar-refractivity contribution in [3.8, 4) is 11.4 Å². The second-order valence-electron chi connectivity index (χ2n) is 5.73. The molecule has 1 aliphatic rings. The minimum atomic E-state index is -0.339. The summed E-state index contributed by atoms with van der Waals surface area (Å²) in [7, 11) is 0. The fourth-order valence-electron chi connectivity index (χ4n) is 2.66. The second kappa shape index (κ2) is 7.28. The predicted molar refractivity (Wildman–Crippen MR) is 85.4 cm³/mol. The van der Waals surface area contributed by atoms with Crippen molar-refractivity contribution >= 4 is 5.91 Å². The maximum Gasteiger partial charge on any atom is 0.254 e. The molecular formula is C17H19FN4O. The first-order chi connectivity index (χ1) is 11.2. The smallest absolute Gasteiger partial charge is 0.254 e. The molecule has 1 saturated heterocycles. The van der Waals surface area contributed by atoms with E-state index in [4.69, 9.17) is 0 Å². The molecule has 6 heteroatoms. The Balaban J connectivity index is 1.61. The highest BCUT2D eigenvalue weighted by Crippen LogP contribution is 2.15. The number of piperidine rings is 1. The van der Waals surface area contributed by atoms with E-state index in [0.717, 1.165) is 25.9 Å². The van der Waals surface area contributed by atoms with E-state index in [0.29, 0.717) is 29.4 Å². The van der Waals surface area contributed by atoms with Crippen LogP contribution in [-0.4, -0.2) is 35.5 Å². The summed E-state index contributed by atoms with van der Waals surface area (Å²) in [5.74, 6) is 0.355. The lowest BCUT2D eigenvalue weighted by atomic mass is 10.00. The third-order valence-electron chi connectivity index (χ3n) is 3.95. The molecule has 1 aromatic heterocycles. The van der Waals surface area contributed by atoms with Gasteiger partial charge in [-0.2, -0.15) is 0 Å². The molecule has 1 unspecified atom stereocenters. The fourth-order valence-corrected chi connectivity index (χ4v) is 2.66. The highest BCUT2D eigenvalue weighted by atomic mass is 19.1. The number of nitrogens with one attached hydrogen (secondary N) is 2. The number of hydrogen-bond acceptors (Lipinski definition) is 4. The van der Waals surface area contributed by atoms with Gasteiger partial charge in [-0.25, -0.2) is 14.4 Å². The standard InChI is InChI=1S/C17H19FN4O/c18-15-5-1-4-13(7-15)16-20-10-14(11-21-16)17(23)22-9-12-3-2-6-19-8-12/h1,4-5,7,10-12,19H,2-3,6,8-9H2,(H,22,23). The van der Waals surface area contributed by atoms with Crippen molar-refractivity contribution in [2.24, 2.45) is 5.92 Å². The first-order valence-electron chi connectivity index (χ1n) is 7.79. The Bertz CT molecular complexity index is 669. The highest BCUT2D eigenvalue weighted by molar-refractivity contribution is 5.93. The van der Waals surface area contributed by atoms with Crippen LogP contribution in [0.5, 0.6) is 0 Å². The summed E-state index contributed by atoms with van der Waals surface area (Å²) in [6.45, 7) is 2.65. The molecule has 2 aromatic rings. The molecule has 3 rings (SSSR count). The summed E-state index contributed by atoms with van der Waals surface area (Å²) in [6, 6.07) is 6.07. The van der Waals surface area contributed by atoms with Gasteiger partial charge in [-0.05, 0) is 44.0 Å². The first kappa shape index (κ1) is 15.6. The SMILES string of the molecule is O=C(NCC1CCCNC1)c1cnc(-c2cccc(F)c2)nc1. The van der Waals surface area contributed by atoms with Crippen molar-refractivity contribution in [2.75, 3.05) is 19.6 Å². The van der Waals surface area contributed by atoms with Gasteiger partial charge < -0.3 is 10.6 Å². The molecule has 0 saturated carbocycles. The number of aromatic nitrogens is 2. The lowest BCUT2D eigenvalue weighted by Gasteiger charge is -2.22. The van der Waals surface area contributed by atoms with Crippen LogP contribution in [0.1, 0.15) is 23.2 Å². The van der Waals surface area contributed by atoms with Crippen LogP contribution in [-0.2, 0) is 0 Å². The van der Waals surface area contributed by atoms with Crippen molar-refractivity contribution in [1.82, 2.24) is 20.6 Å². The number of rotatable bonds is 4. The summed E-state index contributed by atoms with van der Waals surface area (Å²) in [5, 5.41) is 6.24. The van der Waals surface area contributed by atoms with E-state index in [9.17, 15) is 9.18 Å². The molecule has 1 aliphatic heterocycles. The maximum atomic E-state index is 13.2. The molecule has 120 valence electrons. The Labute approximate surface area is 134 Å².